The van der Waals surface area contributed by atoms with Gasteiger partial charge in [0, 0.05) is 5.54 Å². The molecule has 0 saturated heterocycles. The van der Waals surface area contributed by atoms with Crippen LogP contribution < -0.4 is 10.4 Å². The molecular formula is C11H15N3O3S. The molecule has 0 aliphatic heterocycles. The van der Waals surface area contributed by atoms with Crippen molar-refractivity contribution in [3.8, 4) is 0 Å². The SMILES string of the molecule is CC(C)(C)NS(=O)(=O)c1ccc2[nH]c(=O)[nH]c2c1. The molecule has 98 valence electrons. The topological polar surface area (TPSA) is 94.8 Å². The standard InChI is InChI=1S/C11H15N3O3S/c1-11(2,3)14-18(16,17)7-4-5-8-9(6-7)13-10(15)12-8/h4-6,14H,1-3H3,(H2,12,13,15). The predicted molar refractivity (Wildman–Crippen MR) is 69.0 cm³/mol. The number of hydrogen-bond donors (Lipinski definition) is 3. The molecule has 1 aromatic heterocycles. The first kappa shape index (κ1) is 12.8. The number of nitrogens with one attached hydrogen (secondary N) is 3. The molecule has 18 heavy (non-hydrogen) atoms. The fraction of sp³-hybridized carbons (Fsp3) is 0.364. The fourth-order valence-corrected chi connectivity index (χ4v) is 3.09. The van der Waals surface area contributed by atoms with E-state index in [4.69, 9.17) is 0 Å². The van der Waals surface area contributed by atoms with Gasteiger partial charge in [-0.2, -0.15) is 0 Å². The van der Waals surface area contributed by atoms with Crippen molar-refractivity contribution >= 4 is 21.1 Å². The van der Waals surface area contributed by atoms with Crippen LogP contribution in [0.25, 0.3) is 11.0 Å². The summed E-state index contributed by atoms with van der Waals surface area (Å²) < 4.78 is 26.7. The Labute approximate surface area is 104 Å². The van der Waals surface area contributed by atoms with Crippen LogP contribution in [0.3, 0.4) is 0 Å². The van der Waals surface area contributed by atoms with Gasteiger partial charge in [0.05, 0.1) is 15.9 Å². The highest BCUT2D eigenvalue weighted by Gasteiger charge is 2.22. The molecule has 7 heteroatoms. The lowest BCUT2D eigenvalue weighted by Crippen LogP contribution is -2.40. The Bertz CT molecular complexity index is 735. The molecule has 0 aliphatic rings. The van der Waals surface area contributed by atoms with Crippen LogP contribution in [0, 0.1) is 0 Å². The summed E-state index contributed by atoms with van der Waals surface area (Å²) in [7, 11) is -3.59. The molecular weight excluding hydrogens is 254 g/mol. The van der Waals surface area contributed by atoms with Crippen molar-refractivity contribution in [3.05, 3.63) is 28.7 Å². The Balaban J connectivity index is 2.51. The highest BCUT2D eigenvalue weighted by Crippen LogP contribution is 2.16. The molecule has 0 aliphatic carbocycles. The van der Waals surface area contributed by atoms with Crippen molar-refractivity contribution in [2.75, 3.05) is 0 Å². The van der Waals surface area contributed by atoms with Crippen LogP contribution in [-0.4, -0.2) is 23.9 Å². The summed E-state index contributed by atoms with van der Waals surface area (Å²) in [5.41, 5.74) is 0.133. The molecule has 0 atom stereocenters. The molecule has 6 nitrogen and oxygen atoms in total. The summed E-state index contributed by atoms with van der Waals surface area (Å²) in [6.45, 7) is 5.30. The normalized spacial score (nSPS) is 13.1. The van der Waals surface area contributed by atoms with E-state index in [1.165, 1.54) is 12.1 Å². The zero-order valence-electron chi connectivity index (χ0n) is 10.4. The molecule has 0 amide bonds. The van der Waals surface area contributed by atoms with Crippen LogP contribution in [0.5, 0.6) is 0 Å². The van der Waals surface area contributed by atoms with Crippen molar-refractivity contribution in [3.63, 3.8) is 0 Å². The van der Waals surface area contributed by atoms with Gasteiger partial charge in [-0.3, -0.25) is 0 Å². The molecule has 1 aromatic carbocycles. The molecule has 0 fully saturated rings. The van der Waals surface area contributed by atoms with Gasteiger partial charge in [-0.1, -0.05) is 0 Å². The van der Waals surface area contributed by atoms with Gasteiger partial charge >= 0.3 is 5.69 Å². The monoisotopic (exact) mass is 269 g/mol. The van der Waals surface area contributed by atoms with Gasteiger partial charge in [0.25, 0.3) is 0 Å². The van der Waals surface area contributed by atoms with Crippen molar-refractivity contribution in [2.24, 2.45) is 0 Å². The lowest BCUT2D eigenvalue weighted by Gasteiger charge is -2.20. The van der Waals surface area contributed by atoms with Crippen LogP contribution >= 0.6 is 0 Å². The van der Waals surface area contributed by atoms with E-state index in [1.807, 2.05) is 0 Å². The number of benzene rings is 1. The summed E-state index contributed by atoms with van der Waals surface area (Å²) in [5.74, 6) is 0. The van der Waals surface area contributed by atoms with Gasteiger partial charge in [0.1, 0.15) is 0 Å². The van der Waals surface area contributed by atoms with Crippen molar-refractivity contribution in [1.29, 1.82) is 0 Å². The minimum atomic E-state index is -3.59. The minimum absolute atomic E-state index is 0.125. The molecule has 0 bridgehead atoms. The van der Waals surface area contributed by atoms with Gasteiger partial charge in [0.2, 0.25) is 10.0 Å². The lowest BCUT2D eigenvalue weighted by molar-refractivity contribution is 0.491. The average molecular weight is 269 g/mol. The molecule has 1 heterocycles. The summed E-state index contributed by atoms with van der Waals surface area (Å²) in [4.78, 5) is 16.3. The molecule has 0 radical (unpaired) electrons. The Morgan fingerprint density at radius 3 is 2.33 bits per heavy atom. The van der Waals surface area contributed by atoms with Crippen molar-refractivity contribution in [2.45, 2.75) is 31.2 Å². The molecule has 0 spiro atoms. The highest BCUT2D eigenvalue weighted by molar-refractivity contribution is 7.89. The maximum atomic E-state index is 12.1. The van der Waals surface area contributed by atoms with E-state index in [2.05, 4.69) is 14.7 Å². The molecule has 0 unspecified atom stereocenters. The van der Waals surface area contributed by atoms with Crippen molar-refractivity contribution < 1.29 is 8.42 Å². The number of sulfonamides is 1. The summed E-state index contributed by atoms with van der Waals surface area (Å²) in [6.07, 6.45) is 0. The number of hydrogen-bond acceptors (Lipinski definition) is 3. The average Bonchev–Trinajstić information content (AvgIpc) is 2.52. The van der Waals surface area contributed by atoms with E-state index in [9.17, 15) is 13.2 Å². The molecule has 2 aromatic rings. The van der Waals surface area contributed by atoms with Gasteiger partial charge in [-0.05, 0) is 39.0 Å². The van der Waals surface area contributed by atoms with E-state index < -0.39 is 15.6 Å². The van der Waals surface area contributed by atoms with Crippen LogP contribution in [0.4, 0.5) is 0 Å². The van der Waals surface area contributed by atoms with Gasteiger partial charge < -0.3 is 9.97 Å². The maximum Gasteiger partial charge on any atom is 0.323 e. The van der Waals surface area contributed by atoms with E-state index in [0.717, 1.165) is 0 Å². The van der Waals surface area contributed by atoms with Crippen LogP contribution in [-0.2, 0) is 10.0 Å². The summed E-state index contributed by atoms with van der Waals surface area (Å²) >= 11 is 0. The van der Waals surface area contributed by atoms with E-state index in [0.29, 0.717) is 11.0 Å². The number of fused-ring (bicyclic) bond motifs is 1. The van der Waals surface area contributed by atoms with Gasteiger partial charge in [0.15, 0.2) is 0 Å². The Hall–Kier alpha value is -1.60. The Morgan fingerprint density at radius 2 is 1.72 bits per heavy atom. The Morgan fingerprint density at radius 1 is 1.11 bits per heavy atom. The summed E-state index contributed by atoms with van der Waals surface area (Å²) in [6, 6.07) is 4.45. The van der Waals surface area contributed by atoms with E-state index >= 15 is 0 Å². The maximum absolute atomic E-state index is 12.1. The summed E-state index contributed by atoms with van der Waals surface area (Å²) in [5, 5.41) is 0. The lowest BCUT2D eigenvalue weighted by atomic mass is 10.1. The first-order valence-corrected chi connectivity index (χ1v) is 6.92. The number of aromatic nitrogens is 2. The molecule has 3 N–H and O–H groups in total. The first-order valence-electron chi connectivity index (χ1n) is 5.43. The van der Waals surface area contributed by atoms with Gasteiger partial charge in [-0.15, -0.1) is 0 Å². The largest absolute Gasteiger partial charge is 0.323 e. The first-order chi connectivity index (χ1) is 8.17. The number of imidazole rings is 1. The predicted octanol–water partition coefficient (Wildman–Crippen LogP) is 0.933. The minimum Gasteiger partial charge on any atom is -0.306 e. The highest BCUT2D eigenvalue weighted by atomic mass is 32.2. The number of H-pyrrole nitrogens is 2. The molecule has 0 saturated carbocycles. The third-order valence-corrected chi connectivity index (χ3v) is 3.99. The van der Waals surface area contributed by atoms with Crippen LogP contribution in [0.2, 0.25) is 0 Å². The van der Waals surface area contributed by atoms with Crippen LogP contribution in [0.1, 0.15) is 20.8 Å². The second kappa shape index (κ2) is 3.96. The van der Waals surface area contributed by atoms with Gasteiger partial charge in [-0.25, -0.2) is 17.9 Å². The zero-order chi connectivity index (χ0) is 13.6. The number of rotatable bonds is 2. The quantitative estimate of drug-likeness (QED) is 0.757. The van der Waals surface area contributed by atoms with Crippen molar-refractivity contribution in [1.82, 2.24) is 14.7 Å². The smallest absolute Gasteiger partial charge is 0.306 e. The second-order valence-corrected chi connectivity index (χ2v) is 6.82. The Kier molecular flexibility index (Phi) is 2.83. The third-order valence-electron chi connectivity index (χ3n) is 2.24. The number of aromatic amines is 2. The van der Waals surface area contributed by atoms with E-state index in [1.54, 1.807) is 26.8 Å². The zero-order valence-corrected chi connectivity index (χ0v) is 11.2. The second-order valence-electron chi connectivity index (χ2n) is 5.14. The fourth-order valence-electron chi connectivity index (χ4n) is 1.64. The van der Waals surface area contributed by atoms with E-state index in [-0.39, 0.29) is 10.6 Å². The molecule has 2 rings (SSSR count). The third kappa shape index (κ3) is 2.62. The van der Waals surface area contributed by atoms with Crippen LogP contribution in [0.15, 0.2) is 27.9 Å².